The molecule has 32 heavy (non-hydrogen) atoms. The molecule has 2 aromatic heterocycles. The topological polar surface area (TPSA) is 101 Å². The number of carbonyl (C=O) groups excluding carboxylic acids is 2. The van der Waals surface area contributed by atoms with Gasteiger partial charge in [0.1, 0.15) is 5.76 Å². The summed E-state index contributed by atoms with van der Waals surface area (Å²) in [5.74, 6) is -0.147. The summed E-state index contributed by atoms with van der Waals surface area (Å²) in [4.78, 5) is 41.5. The first-order chi connectivity index (χ1) is 15.5. The largest absolute Gasteiger partial charge is 0.465 e. The minimum Gasteiger partial charge on any atom is -0.465 e. The van der Waals surface area contributed by atoms with Crippen molar-refractivity contribution in [2.24, 2.45) is 0 Å². The van der Waals surface area contributed by atoms with E-state index in [1.54, 1.807) is 12.1 Å². The van der Waals surface area contributed by atoms with Crippen LogP contribution in [0.25, 0.3) is 16.6 Å². The standard InChI is InChI=1S/C23H18N2O6S/c1-29-21(27)14-8-10-17-18(12-14)24-23(25(20(17)26)15-6-4-3-5-7-15)32-13-16-9-11-19(31-16)22(28)30-2/h3-12H,13H2,1-2H3. The fraction of sp³-hybridized carbons (Fsp3) is 0.130. The highest BCUT2D eigenvalue weighted by molar-refractivity contribution is 7.98. The summed E-state index contributed by atoms with van der Waals surface area (Å²) in [5, 5.41) is 0.781. The average Bonchev–Trinajstić information content (AvgIpc) is 3.31. The van der Waals surface area contributed by atoms with Gasteiger partial charge in [0.25, 0.3) is 5.56 Å². The van der Waals surface area contributed by atoms with Gasteiger partial charge in [-0.1, -0.05) is 30.0 Å². The van der Waals surface area contributed by atoms with Crippen LogP contribution in [0.5, 0.6) is 0 Å². The molecule has 0 bridgehead atoms. The van der Waals surface area contributed by atoms with Crippen LogP contribution in [0, 0.1) is 0 Å². The van der Waals surface area contributed by atoms with Crippen molar-refractivity contribution in [1.82, 2.24) is 9.55 Å². The van der Waals surface area contributed by atoms with E-state index in [4.69, 9.17) is 9.15 Å². The monoisotopic (exact) mass is 450 g/mol. The van der Waals surface area contributed by atoms with E-state index in [0.29, 0.717) is 38.8 Å². The Labute approximate surface area is 186 Å². The third-order valence-electron chi connectivity index (χ3n) is 4.67. The van der Waals surface area contributed by atoms with Crippen molar-refractivity contribution in [1.29, 1.82) is 0 Å². The molecule has 4 rings (SSSR count). The highest BCUT2D eigenvalue weighted by Crippen LogP contribution is 2.26. The van der Waals surface area contributed by atoms with Gasteiger partial charge >= 0.3 is 11.9 Å². The third kappa shape index (κ3) is 4.15. The van der Waals surface area contributed by atoms with Crippen LogP contribution in [0.1, 0.15) is 26.7 Å². The molecule has 0 atom stereocenters. The number of rotatable bonds is 6. The average molecular weight is 450 g/mol. The van der Waals surface area contributed by atoms with Crippen molar-refractivity contribution < 1.29 is 23.5 Å². The Morgan fingerprint density at radius 2 is 1.75 bits per heavy atom. The molecule has 0 aliphatic rings. The number of nitrogens with zero attached hydrogens (tertiary/aromatic N) is 2. The molecule has 0 aliphatic heterocycles. The van der Waals surface area contributed by atoms with E-state index in [0.717, 1.165) is 0 Å². The van der Waals surface area contributed by atoms with Gasteiger partial charge in [-0.15, -0.1) is 0 Å². The molecule has 2 aromatic carbocycles. The summed E-state index contributed by atoms with van der Waals surface area (Å²) in [5.41, 5.74) is 1.06. The maximum absolute atomic E-state index is 13.4. The number of para-hydroxylation sites is 1. The molecule has 8 nitrogen and oxygen atoms in total. The van der Waals surface area contributed by atoms with Crippen molar-refractivity contribution in [3.8, 4) is 5.69 Å². The number of furan rings is 1. The zero-order valence-corrected chi connectivity index (χ0v) is 18.0. The normalized spacial score (nSPS) is 10.8. The van der Waals surface area contributed by atoms with Gasteiger partial charge in [-0.3, -0.25) is 9.36 Å². The van der Waals surface area contributed by atoms with Crippen LogP contribution < -0.4 is 5.56 Å². The molecule has 162 valence electrons. The van der Waals surface area contributed by atoms with Crippen LogP contribution in [0.15, 0.2) is 75.0 Å². The summed E-state index contributed by atoms with van der Waals surface area (Å²) in [6.07, 6.45) is 0. The summed E-state index contributed by atoms with van der Waals surface area (Å²) < 4.78 is 16.5. The van der Waals surface area contributed by atoms with Gasteiger partial charge in [0.15, 0.2) is 5.16 Å². The smallest absolute Gasteiger partial charge is 0.373 e. The van der Waals surface area contributed by atoms with E-state index < -0.39 is 11.9 Å². The Bertz CT molecular complexity index is 1360. The molecular weight excluding hydrogens is 432 g/mol. The number of esters is 2. The van der Waals surface area contributed by atoms with Crippen LogP contribution in [0.4, 0.5) is 0 Å². The Kier molecular flexibility index (Phi) is 6.09. The molecule has 0 radical (unpaired) electrons. The van der Waals surface area contributed by atoms with E-state index >= 15 is 0 Å². The lowest BCUT2D eigenvalue weighted by Gasteiger charge is -2.13. The van der Waals surface area contributed by atoms with Gasteiger partial charge < -0.3 is 13.9 Å². The highest BCUT2D eigenvalue weighted by Gasteiger charge is 2.17. The molecule has 9 heteroatoms. The fourth-order valence-electron chi connectivity index (χ4n) is 3.11. The van der Waals surface area contributed by atoms with E-state index in [1.807, 2.05) is 30.3 Å². The molecule has 0 N–H and O–H groups in total. The lowest BCUT2D eigenvalue weighted by molar-refractivity contribution is 0.0561. The number of hydrogen-bond acceptors (Lipinski definition) is 8. The number of hydrogen-bond donors (Lipinski definition) is 0. The summed E-state index contributed by atoms with van der Waals surface area (Å²) in [6, 6.07) is 17.0. The number of thioether (sulfide) groups is 1. The van der Waals surface area contributed by atoms with Gasteiger partial charge in [0.05, 0.1) is 42.1 Å². The fourth-order valence-corrected chi connectivity index (χ4v) is 4.02. The zero-order chi connectivity index (χ0) is 22.7. The van der Waals surface area contributed by atoms with Crippen molar-refractivity contribution in [2.75, 3.05) is 14.2 Å². The maximum atomic E-state index is 13.4. The Morgan fingerprint density at radius 3 is 2.47 bits per heavy atom. The van der Waals surface area contributed by atoms with E-state index in [-0.39, 0.29) is 11.3 Å². The first-order valence-electron chi connectivity index (χ1n) is 9.52. The molecule has 0 fully saturated rings. The molecule has 0 spiro atoms. The van der Waals surface area contributed by atoms with Crippen molar-refractivity contribution in [2.45, 2.75) is 10.9 Å². The minimum atomic E-state index is -0.568. The van der Waals surface area contributed by atoms with E-state index in [2.05, 4.69) is 9.72 Å². The first-order valence-corrected chi connectivity index (χ1v) is 10.5. The number of fused-ring (bicyclic) bond motifs is 1. The van der Waals surface area contributed by atoms with Gasteiger partial charge in [-0.2, -0.15) is 0 Å². The number of methoxy groups -OCH3 is 2. The summed E-state index contributed by atoms with van der Waals surface area (Å²) >= 11 is 1.27. The summed E-state index contributed by atoms with van der Waals surface area (Å²) in [7, 11) is 2.57. The number of aromatic nitrogens is 2. The minimum absolute atomic E-state index is 0.0951. The Hall–Kier alpha value is -3.85. The molecule has 4 aromatic rings. The molecule has 0 amide bonds. The lowest BCUT2D eigenvalue weighted by Crippen LogP contribution is -2.22. The van der Waals surface area contributed by atoms with Gasteiger partial charge in [0.2, 0.25) is 5.76 Å². The zero-order valence-electron chi connectivity index (χ0n) is 17.2. The molecule has 2 heterocycles. The lowest BCUT2D eigenvalue weighted by atomic mass is 10.1. The van der Waals surface area contributed by atoms with E-state index in [9.17, 15) is 14.4 Å². The Balaban J connectivity index is 1.79. The van der Waals surface area contributed by atoms with E-state index in [1.165, 1.54) is 48.7 Å². The van der Waals surface area contributed by atoms with Crippen LogP contribution in [0.2, 0.25) is 0 Å². The first kappa shape index (κ1) is 21.4. The second kappa shape index (κ2) is 9.11. The van der Waals surface area contributed by atoms with Crippen molar-refractivity contribution in [3.05, 3.63) is 88.1 Å². The van der Waals surface area contributed by atoms with Crippen molar-refractivity contribution >= 4 is 34.6 Å². The van der Waals surface area contributed by atoms with Gasteiger partial charge in [-0.05, 0) is 42.5 Å². The quantitative estimate of drug-likeness (QED) is 0.248. The van der Waals surface area contributed by atoms with Crippen LogP contribution in [0.3, 0.4) is 0 Å². The second-order valence-corrected chi connectivity index (χ2v) is 7.58. The molecule has 0 saturated heterocycles. The number of ether oxygens (including phenoxy) is 2. The summed E-state index contributed by atoms with van der Waals surface area (Å²) in [6.45, 7) is 0. The number of benzene rings is 2. The molecule has 0 unspecified atom stereocenters. The highest BCUT2D eigenvalue weighted by atomic mass is 32.2. The van der Waals surface area contributed by atoms with Gasteiger partial charge in [-0.25, -0.2) is 14.6 Å². The number of carbonyl (C=O) groups is 2. The molecule has 0 aliphatic carbocycles. The van der Waals surface area contributed by atoms with Gasteiger partial charge in [0, 0.05) is 0 Å². The second-order valence-electron chi connectivity index (χ2n) is 6.64. The van der Waals surface area contributed by atoms with Crippen LogP contribution in [-0.4, -0.2) is 35.7 Å². The van der Waals surface area contributed by atoms with Crippen LogP contribution in [-0.2, 0) is 15.2 Å². The predicted octanol–water partition coefficient (Wildman–Crippen LogP) is 3.84. The predicted molar refractivity (Wildman–Crippen MR) is 118 cm³/mol. The maximum Gasteiger partial charge on any atom is 0.373 e. The SMILES string of the molecule is COC(=O)c1ccc2c(=O)n(-c3ccccc3)c(SCc3ccc(C(=O)OC)o3)nc2c1. The van der Waals surface area contributed by atoms with Crippen LogP contribution >= 0.6 is 11.8 Å². The molecule has 0 saturated carbocycles. The molecular formula is C23H18N2O6S. The third-order valence-corrected chi connectivity index (χ3v) is 5.63. The Morgan fingerprint density at radius 1 is 1.00 bits per heavy atom. The van der Waals surface area contributed by atoms with Crippen molar-refractivity contribution in [3.63, 3.8) is 0 Å².